The molecule has 0 N–H and O–H groups in total. The topological polar surface area (TPSA) is 0 Å². The van der Waals surface area contributed by atoms with Gasteiger partial charge in [-0.2, -0.15) is 0 Å². The molecule has 0 nitrogen and oxygen atoms in total. The third-order valence-corrected chi connectivity index (χ3v) is 3.53. The Morgan fingerprint density at radius 1 is 0.889 bits per heavy atom. The summed E-state index contributed by atoms with van der Waals surface area (Å²) in [5.74, 6) is 0.620. The maximum atomic E-state index is 2.33. The zero-order chi connectivity index (χ0) is 12.4. The Bertz CT molecular complexity index is 511. The highest BCUT2D eigenvalue weighted by molar-refractivity contribution is 5.93. The van der Waals surface area contributed by atoms with Crippen molar-refractivity contribution in [1.82, 2.24) is 0 Å². The van der Waals surface area contributed by atoms with Crippen LogP contribution in [0.4, 0.5) is 0 Å². The number of benzene rings is 2. The van der Waals surface area contributed by atoms with Crippen molar-refractivity contribution >= 4 is 10.8 Å². The summed E-state index contributed by atoms with van der Waals surface area (Å²) in [6.45, 7) is 8.55. The van der Waals surface area contributed by atoms with Crippen LogP contribution in [0, 0.1) is 0 Å². The first-order chi connectivity index (χ1) is 8.27. The van der Waals surface area contributed by atoms with Crippen LogP contribution >= 0.6 is 0 Å². The fourth-order valence-corrected chi connectivity index (χ4v) is 2.77. The minimum absolute atomic E-state index is 0. The van der Waals surface area contributed by atoms with Gasteiger partial charge in [-0.15, -0.1) is 0 Å². The molecule has 0 heterocycles. The minimum atomic E-state index is 0. The number of hydrogen-bond acceptors (Lipinski definition) is 0. The van der Waals surface area contributed by atoms with Gasteiger partial charge in [-0.3, -0.25) is 0 Å². The van der Waals surface area contributed by atoms with Crippen molar-refractivity contribution in [3.05, 3.63) is 47.0 Å². The summed E-state index contributed by atoms with van der Waals surface area (Å²) in [5.41, 5.74) is 4.59. The second-order valence-corrected chi connectivity index (χ2v) is 4.81. The van der Waals surface area contributed by atoms with Crippen LogP contribution in [-0.4, -0.2) is 0 Å². The second kappa shape index (κ2) is 6.04. The molecule has 2 aromatic carbocycles. The zero-order valence-corrected chi connectivity index (χ0v) is 11.4. The number of aryl methyl sites for hydroxylation is 2. The molecule has 0 saturated carbocycles. The third kappa shape index (κ3) is 2.29. The fourth-order valence-electron chi connectivity index (χ4n) is 2.77. The molecule has 0 fully saturated rings. The normalized spacial score (nSPS) is 12.1. The summed E-state index contributed by atoms with van der Waals surface area (Å²) in [6.07, 6.45) is 2.46. The molecular weight excluding hydrogens is 216 g/mol. The highest BCUT2D eigenvalue weighted by atomic mass is 14.2. The molecule has 0 radical (unpaired) electrons. The Labute approximate surface area is 112 Å². The summed E-state index contributed by atoms with van der Waals surface area (Å²) in [4.78, 5) is 0. The van der Waals surface area contributed by atoms with E-state index in [4.69, 9.17) is 0 Å². The fraction of sp³-hybridized carbons (Fsp3) is 0.444. The van der Waals surface area contributed by atoms with Crippen LogP contribution in [0.1, 0.15) is 57.7 Å². The van der Waals surface area contributed by atoms with E-state index in [1.54, 1.807) is 16.5 Å². The lowest BCUT2D eigenvalue weighted by atomic mass is 9.93. The van der Waals surface area contributed by atoms with E-state index < -0.39 is 0 Å². The number of rotatable bonds is 1. The first-order valence-corrected chi connectivity index (χ1v) is 6.81. The van der Waals surface area contributed by atoms with Gasteiger partial charge in [0.05, 0.1) is 0 Å². The summed E-state index contributed by atoms with van der Waals surface area (Å²) >= 11 is 0. The lowest BCUT2D eigenvalue weighted by molar-refractivity contribution is 0.876. The quantitative estimate of drug-likeness (QED) is 0.599. The van der Waals surface area contributed by atoms with E-state index >= 15 is 0 Å². The Morgan fingerprint density at radius 3 is 2.11 bits per heavy atom. The highest BCUT2D eigenvalue weighted by Gasteiger charge is 2.16. The molecule has 0 heteroatoms. The SMILES string of the molecule is C.CC.CC(C)c1ccc2c3c(cccc13)CC2. The van der Waals surface area contributed by atoms with Gasteiger partial charge in [0.2, 0.25) is 0 Å². The van der Waals surface area contributed by atoms with E-state index in [0.717, 1.165) is 0 Å². The first kappa shape index (κ1) is 14.8. The van der Waals surface area contributed by atoms with Gasteiger partial charge >= 0.3 is 0 Å². The predicted molar refractivity (Wildman–Crippen MR) is 83.5 cm³/mol. The van der Waals surface area contributed by atoms with Crippen molar-refractivity contribution in [1.29, 1.82) is 0 Å². The molecule has 1 aliphatic carbocycles. The van der Waals surface area contributed by atoms with Crippen molar-refractivity contribution in [3.8, 4) is 0 Å². The summed E-state index contributed by atoms with van der Waals surface area (Å²) < 4.78 is 0. The van der Waals surface area contributed by atoms with Crippen LogP contribution in [0.5, 0.6) is 0 Å². The van der Waals surface area contributed by atoms with E-state index in [2.05, 4.69) is 44.2 Å². The van der Waals surface area contributed by atoms with Gasteiger partial charge in [-0.1, -0.05) is 65.5 Å². The van der Waals surface area contributed by atoms with Crippen molar-refractivity contribution < 1.29 is 0 Å². The monoisotopic (exact) mass is 242 g/mol. The van der Waals surface area contributed by atoms with Gasteiger partial charge in [-0.25, -0.2) is 0 Å². The van der Waals surface area contributed by atoms with E-state index in [9.17, 15) is 0 Å². The molecule has 98 valence electrons. The maximum Gasteiger partial charge on any atom is -0.0117 e. The van der Waals surface area contributed by atoms with Gasteiger partial charge in [0.15, 0.2) is 0 Å². The average molecular weight is 242 g/mol. The van der Waals surface area contributed by atoms with Crippen molar-refractivity contribution in [2.75, 3.05) is 0 Å². The smallest absolute Gasteiger partial charge is 0.0117 e. The van der Waals surface area contributed by atoms with Crippen molar-refractivity contribution in [2.24, 2.45) is 0 Å². The van der Waals surface area contributed by atoms with E-state index in [1.807, 2.05) is 13.8 Å². The van der Waals surface area contributed by atoms with Crippen molar-refractivity contribution in [2.45, 2.75) is 53.9 Å². The molecule has 0 bridgehead atoms. The van der Waals surface area contributed by atoms with Crippen LogP contribution < -0.4 is 0 Å². The molecule has 18 heavy (non-hydrogen) atoms. The lowest BCUT2D eigenvalue weighted by Crippen LogP contribution is -1.90. The van der Waals surface area contributed by atoms with Gasteiger partial charge < -0.3 is 0 Å². The second-order valence-electron chi connectivity index (χ2n) is 4.81. The van der Waals surface area contributed by atoms with Crippen LogP contribution in [0.25, 0.3) is 10.8 Å². The van der Waals surface area contributed by atoms with Crippen molar-refractivity contribution in [3.63, 3.8) is 0 Å². The average Bonchev–Trinajstić information content (AvgIpc) is 2.78. The summed E-state index contributed by atoms with van der Waals surface area (Å²) in [7, 11) is 0. The molecule has 0 saturated heterocycles. The Balaban J connectivity index is 0.000000516. The summed E-state index contributed by atoms with van der Waals surface area (Å²) in [5, 5.41) is 3.03. The molecule has 0 unspecified atom stereocenters. The van der Waals surface area contributed by atoms with Crippen LogP contribution in [-0.2, 0) is 12.8 Å². The van der Waals surface area contributed by atoms with E-state index in [0.29, 0.717) is 5.92 Å². The lowest BCUT2D eigenvalue weighted by Gasteiger charge is -2.11. The molecule has 0 aliphatic heterocycles. The van der Waals surface area contributed by atoms with Gasteiger partial charge in [0.25, 0.3) is 0 Å². The third-order valence-electron chi connectivity index (χ3n) is 3.53. The minimum Gasteiger partial charge on any atom is -0.0776 e. The molecular formula is C18H26. The Morgan fingerprint density at radius 2 is 1.50 bits per heavy atom. The largest absolute Gasteiger partial charge is 0.0776 e. The molecule has 3 rings (SSSR count). The first-order valence-electron chi connectivity index (χ1n) is 6.81. The molecule has 0 spiro atoms. The van der Waals surface area contributed by atoms with Crippen LogP contribution in [0.3, 0.4) is 0 Å². The van der Waals surface area contributed by atoms with Crippen LogP contribution in [0.15, 0.2) is 30.3 Å². The molecule has 2 aromatic rings. The maximum absolute atomic E-state index is 2.33. The standard InChI is InChI=1S/C15H16.C2H6.CH4/c1-10(2)13-9-8-12-7-6-11-4-3-5-14(13)15(11)12;1-2;/h3-5,8-10H,6-7H2,1-2H3;1-2H3;1H4. The van der Waals surface area contributed by atoms with Crippen LogP contribution in [0.2, 0.25) is 0 Å². The van der Waals surface area contributed by atoms with E-state index in [1.165, 1.54) is 23.8 Å². The van der Waals surface area contributed by atoms with Gasteiger partial charge in [0.1, 0.15) is 0 Å². The van der Waals surface area contributed by atoms with Gasteiger partial charge in [-0.05, 0) is 46.2 Å². The molecule has 1 aliphatic rings. The molecule has 0 aromatic heterocycles. The summed E-state index contributed by atoms with van der Waals surface area (Å²) in [6, 6.07) is 11.4. The Hall–Kier alpha value is -1.30. The number of hydrogen-bond donors (Lipinski definition) is 0. The molecule has 0 amide bonds. The highest BCUT2D eigenvalue weighted by Crippen LogP contribution is 2.35. The van der Waals surface area contributed by atoms with Gasteiger partial charge in [0, 0.05) is 0 Å². The zero-order valence-electron chi connectivity index (χ0n) is 11.4. The predicted octanol–water partition coefficient (Wildman–Crippen LogP) is 5.72. The Kier molecular flexibility index (Phi) is 4.95. The molecule has 0 atom stereocenters. The van der Waals surface area contributed by atoms with E-state index in [-0.39, 0.29) is 7.43 Å².